The molecule has 2 aromatic heterocycles. The van der Waals surface area contributed by atoms with E-state index in [0.717, 1.165) is 37.7 Å². The maximum atomic E-state index is 4.49. The summed E-state index contributed by atoms with van der Waals surface area (Å²) in [7, 11) is 2.05. The highest BCUT2D eigenvalue weighted by Crippen LogP contribution is 2.21. The van der Waals surface area contributed by atoms with Crippen LogP contribution in [0.5, 0.6) is 0 Å². The van der Waals surface area contributed by atoms with Crippen LogP contribution in [0.2, 0.25) is 0 Å². The number of nitrogens with one attached hydrogen (secondary N) is 1. The Kier molecular flexibility index (Phi) is 3.57. The topological polar surface area (TPSA) is 46.0 Å². The fourth-order valence-corrected chi connectivity index (χ4v) is 2.59. The molecule has 0 bridgehead atoms. The van der Waals surface area contributed by atoms with Crippen LogP contribution in [0.25, 0.3) is 0 Å². The van der Waals surface area contributed by atoms with Gasteiger partial charge in [0.1, 0.15) is 5.82 Å². The zero-order chi connectivity index (χ0) is 13.1. The average molecular weight is 257 g/mol. The molecule has 2 aromatic rings. The van der Waals surface area contributed by atoms with Gasteiger partial charge in [0.2, 0.25) is 0 Å². The first kappa shape index (κ1) is 12.3. The van der Waals surface area contributed by atoms with E-state index in [1.807, 2.05) is 30.7 Å². The smallest absolute Gasteiger partial charge is 0.127 e. The molecule has 0 radical (unpaired) electrons. The van der Waals surface area contributed by atoms with Crippen molar-refractivity contribution in [2.75, 3.05) is 19.6 Å². The van der Waals surface area contributed by atoms with Crippen molar-refractivity contribution in [3.63, 3.8) is 0 Å². The van der Waals surface area contributed by atoms with Gasteiger partial charge in [-0.2, -0.15) is 0 Å². The van der Waals surface area contributed by atoms with E-state index in [-0.39, 0.29) is 0 Å². The quantitative estimate of drug-likeness (QED) is 0.889. The monoisotopic (exact) mass is 257 g/mol. The summed E-state index contributed by atoms with van der Waals surface area (Å²) in [6, 6.07) is 6.39. The minimum Gasteiger partial charge on any atom is -0.337 e. The lowest BCUT2D eigenvalue weighted by molar-refractivity contribution is 0.143. The summed E-state index contributed by atoms with van der Waals surface area (Å²) in [6.07, 6.45) is 5.72. The average Bonchev–Trinajstić information content (AvgIpc) is 2.87. The molecule has 1 fully saturated rings. The highest BCUT2D eigenvalue weighted by atomic mass is 15.3. The van der Waals surface area contributed by atoms with Gasteiger partial charge in [0, 0.05) is 51.8 Å². The molecule has 0 spiro atoms. The third-order valence-corrected chi connectivity index (χ3v) is 3.60. The van der Waals surface area contributed by atoms with Crippen molar-refractivity contribution in [3.8, 4) is 0 Å². The van der Waals surface area contributed by atoms with E-state index >= 15 is 0 Å². The molecule has 1 N–H and O–H groups in total. The van der Waals surface area contributed by atoms with Crippen molar-refractivity contribution in [2.24, 2.45) is 7.05 Å². The lowest BCUT2D eigenvalue weighted by Gasteiger charge is -2.35. The number of aryl methyl sites for hydroxylation is 1. The molecule has 19 heavy (non-hydrogen) atoms. The highest BCUT2D eigenvalue weighted by molar-refractivity contribution is 5.07. The minimum atomic E-state index is 0.316. The molecular formula is C14H19N5. The number of aromatic nitrogens is 3. The van der Waals surface area contributed by atoms with Crippen LogP contribution in [0.15, 0.2) is 36.8 Å². The first-order chi connectivity index (χ1) is 9.34. The van der Waals surface area contributed by atoms with Crippen LogP contribution in [0.1, 0.15) is 17.6 Å². The Morgan fingerprint density at radius 2 is 2.26 bits per heavy atom. The predicted molar refractivity (Wildman–Crippen MR) is 73.5 cm³/mol. The third kappa shape index (κ3) is 2.67. The summed E-state index contributed by atoms with van der Waals surface area (Å²) in [6.45, 7) is 3.86. The number of hydrogen-bond donors (Lipinski definition) is 1. The van der Waals surface area contributed by atoms with Gasteiger partial charge in [-0.05, 0) is 12.1 Å². The summed E-state index contributed by atoms with van der Waals surface area (Å²) in [5.74, 6) is 1.11. The van der Waals surface area contributed by atoms with Gasteiger partial charge >= 0.3 is 0 Å². The van der Waals surface area contributed by atoms with Gasteiger partial charge in [-0.25, -0.2) is 4.98 Å². The van der Waals surface area contributed by atoms with Gasteiger partial charge in [-0.1, -0.05) is 6.07 Å². The second-order valence-electron chi connectivity index (χ2n) is 4.91. The van der Waals surface area contributed by atoms with Gasteiger partial charge in [-0.15, -0.1) is 0 Å². The molecule has 100 valence electrons. The molecule has 5 heteroatoms. The van der Waals surface area contributed by atoms with Crippen LogP contribution in [0.4, 0.5) is 0 Å². The first-order valence-corrected chi connectivity index (χ1v) is 6.66. The Morgan fingerprint density at radius 3 is 3.00 bits per heavy atom. The van der Waals surface area contributed by atoms with Crippen LogP contribution in [0, 0.1) is 0 Å². The van der Waals surface area contributed by atoms with E-state index in [4.69, 9.17) is 0 Å². The minimum absolute atomic E-state index is 0.316. The fourth-order valence-electron chi connectivity index (χ4n) is 2.59. The van der Waals surface area contributed by atoms with Crippen molar-refractivity contribution in [3.05, 3.63) is 48.3 Å². The Bertz CT molecular complexity index is 522. The lowest BCUT2D eigenvalue weighted by Crippen LogP contribution is -2.46. The van der Waals surface area contributed by atoms with E-state index in [9.17, 15) is 0 Å². The van der Waals surface area contributed by atoms with Crippen LogP contribution >= 0.6 is 0 Å². The molecule has 0 aromatic carbocycles. The molecule has 0 amide bonds. The summed E-state index contributed by atoms with van der Waals surface area (Å²) < 4.78 is 2.10. The van der Waals surface area contributed by atoms with Crippen LogP contribution in [-0.4, -0.2) is 39.1 Å². The second kappa shape index (κ2) is 5.50. The summed E-state index contributed by atoms with van der Waals surface area (Å²) in [5, 5.41) is 3.45. The SMILES string of the molecule is Cn1ccnc1C1CNCCN1Cc1ccccn1. The third-order valence-electron chi connectivity index (χ3n) is 3.60. The summed E-state index contributed by atoms with van der Waals surface area (Å²) in [5.41, 5.74) is 1.11. The molecule has 3 heterocycles. The molecule has 1 saturated heterocycles. The molecular weight excluding hydrogens is 238 g/mol. The predicted octanol–water partition coefficient (Wildman–Crippen LogP) is 0.962. The molecule has 1 aliphatic rings. The second-order valence-corrected chi connectivity index (χ2v) is 4.91. The van der Waals surface area contributed by atoms with Crippen molar-refractivity contribution < 1.29 is 0 Å². The van der Waals surface area contributed by atoms with E-state index in [2.05, 4.69) is 37.9 Å². The number of pyridine rings is 1. The zero-order valence-corrected chi connectivity index (χ0v) is 11.2. The van der Waals surface area contributed by atoms with E-state index < -0.39 is 0 Å². The Hall–Kier alpha value is -1.72. The van der Waals surface area contributed by atoms with Gasteiger partial charge in [0.25, 0.3) is 0 Å². The maximum Gasteiger partial charge on any atom is 0.127 e. The summed E-state index contributed by atoms with van der Waals surface area (Å²) >= 11 is 0. The fraction of sp³-hybridized carbons (Fsp3) is 0.429. The van der Waals surface area contributed by atoms with Gasteiger partial charge in [0.05, 0.1) is 11.7 Å². The maximum absolute atomic E-state index is 4.49. The number of nitrogens with zero attached hydrogens (tertiary/aromatic N) is 4. The highest BCUT2D eigenvalue weighted by Gasteiger charge is 2.26. The van der Waals surface area contributed by atoms with Crippen molar-refractivity contribution in [1.29, 1.82) is 0 Å². The largest absolute Gasteiger partial charge is 0.337 e. The number of hydrogen-bond acceptors (Lipinski definition) is 4. The normalized spacial score (nSPS) is 20.6. The van der Waals surface area contributed by atoms with Gasteiger partial charge < -0.3 is 9.88 Å². The van der Waals surface area contributed by atoms with Crippen molar-refractivity contribution >= 4 is 0 Å². The standard InChI is InChI=1S/C14H19N5/c1-18-8-7-17-14(18)13-10-15-6-9-19(13)11-12-4-2-3-5-16-12/h2-5,7-8,13,15H,6,9-11H2,1H3. The molecule has 1 unspecified atom stereocenters. The van der Waals surface area contributed by atoms with Gasteiger partial charge in [0.15, 0.2) is 0 Å². The lowest BCUT2D eigenvalue weighted by atomic mass is 10.1. The van der Waals surface area contributed by atoms with E-state index in [1.54, 1.807) is 0 Å². The van der Waals surface area contributed by atoms with Crippen molar-refractivity contribution in [2.45, 2.75) is 12.6 Å². The molecule has 5 nitrogen and oxygen atoms in total. The van der Waals surface area contributed by atoms with Gasteiger partial charge in [-0.3, -0.25) is 9.88 Å². The number of imidazole rings is 1. The molecule has 0 saturated carbocycles. The molecule has 3 rings (SSSR count). The summed E-state index contributed by atoms with van der Waals surface area (Å²) in [4.78, 5) is 11.4. The Morgan fingerprint density at radius 1 is 1.32 bits per heavy atom. The zero-order valence-electron chi connectivity index (χ0n) is 11.2. The van der Waals surface area contributed by atoms with Crippen LogP contribution < -0.4 is 5.32 Å². The Labute approximate surface area is 113 Å². The van der Waals surface area contributed by atoms with Crippen LogP contribution in [-0.2, 0) is 13.6 Å². The first-order valence-electron chi connectivity index (χ1n) is 6.66. The van der Waals surface area contributed by atoms with E-state index in [1.165, 1.54) is 0 Å². The molecule has 1 atom stereocenters. The molecule has 0 aliphatic carbocycles. The van der Waals surface area contributed by atoms with Crippen molar-refractivity contribution in [1.82, 2.24) is 24.8 Å². The number of rotatable bonds is 3. The molecule has 1 aliphatic heterocycles. The van der Waals surface area contributed by atoms with Crippen LogP contribution in [0.3, 0.4) is 0 Å². The van der Waals surface area contributed by atoms with E-state index in [0.29, 0.717) is 6.04 Å². The number of piperazine rings is 1. The Balaban J connectivity index is 1.80.